The molecule has 3 rings (SSSR count). The predicted molar refractivity (Wildman–Crippen MR) is 73.1 cm³/mol. The summed E-state index contributed by atoms with van der Waals surface area (Å²) >= 11 is 0. The van der Waals surface area contributed by atoms with Crippen LogP contribution in [-0.2, 0) is 11.2 Å². The van der Waals surface area contributed by atoms with Crippen molar-refractivity contribution in [1.29, 1.82) is 0 Å². The van der Waals surface area contributed by atoms with E-state index in [1.165, 1.54) is 0 Å². The molecule has 1 aliphatic carbocycles. The number of hydrogen-bond acceptors (Lipinski definition) is 2. The average Bonchev–Trinajstić information content (AvgIpc) is 2.76. The molecule has 0 aliphatic heterocycles. The third-order valence-corrected chi connectivity index (χ3v) is 3.78. The molecule has 0 bridgehead atoms. The van der Waals surface area contributed by atoms with E-state index in [9.17, 15) is 9.59 Å². The molecule has 0 radical (unpaired) electrons. The van der Waals surface area contributed by atoms with Crippen molar-refractivity contribution in [3.63, 3.8) is 0 Å². The van der Waals surface area contributed by atoms with Crippen LogP contribution in [0.25, 0.3) is 10.9 Å². The molecule has 1 heterocycles. The van der Waals surface area contributed by atoms with Crippen molar-refractivity contribution in [1.82, 2.24) is 10.3 Å². The van der Waals surface area contributed by atoms with Crippen molar-refractivity contribution in [3.05, 3.63) is 35.5 Å². The van der Waals surface area contributed by atoms with Crippen LogP contribution in [0.15, 0.2) is 24.3 Å². The molecule has 4 heteroatoms. The lowest BCUT2D eigenvalue weighted by atomic mass is 9.84. The molecule has 1 aliphatic rings. The molecule has 0 saturated heterocycles. The Bertz CT molecular complexity index is 657. The molecule has 0 saturated carbocycles. The predicted octanol–water partition coefficient (Wildman–Crippen LogP) is 2.05. The molecule has 1 aromatic heterocycles. The Kier molecular flexibility index (Phi) is 2.85. The lowest BCUT2D eigenvalue weighted by Crippen LogP contribution is -2.26. The molecule has 0 fully saturated rings. The standard InChI is InChI=1S/C15H16N2O2/c1-16-14(19)8-9-6-12-15(13(18)7-9)10-4-2-3-5-11(10)17-12/h2-5,9,17H,6-8H2,1H3,(H,16,19). The van der Waals surface area contributed by atoms with E-state index in [0.717, 1.165) is 28.6 Å². The van der Waals surface area contributed by atoms with E-state index in [1.54, 1.807) is 7.05 Å². The number of ketones is 1. The van der Waals surface area contributed by atoms with E-state index in [-0.39, 0.29) is 17.6 Å². The third kappa shape index (κ3) is 2.03. The lowest BCUT2D eigenvalue weighted by molar-refractivity contribution is -0.121. The molecule has 2 N–H and O–H groups in total. The molecular formula is C15H16N2O2. The first-order valence-corrected chi connectivity index (χ1v) is 6.52. The van der Waals surface area contributed by atoms with Crippen LogP contribution in [0.3, 0.4) is 0 Å². The van der Waals surface area contributed by atoms with E-state index in [2.05, 4.69) is 10.3 Å². The zero-order chi connectivity index (χ0) is 13.4. The fourth-order valence-corrected chi connectivity index (χ4v) is 2.90. The maximum absolute atomic E-state index is 12.3. The first-order valence-electron chi connectivity index (χ1n) is 6.52. The zero-order valence-electron chi connectivity index (χ0n) is 10.8. The summed E-state index contributed by atoms with van der Waals surface area (Å²) in [6.07, 6.45) is 1.64. The average molecular weight is 256 g/mol. The molecule has 19 heavy (non-hydrogen) atoms. The topological polar surface area (TPSA) is 62.0 Å². The molecule has 1 amide bonds. The van der Waals surface area contributed by atoms with E-state index >= 15 is 0 Å². The van der Waals surface area contributed by atoms with E-state index in [1.807, 2.05) is 24.3 Å². The van der Waals surface area contributed by atoms with Gasteiger partial charge in [-0.25, -0.2) is 0 Å². The number of benzene rings is 1. The Hall–Kier alpha value is -2.10. The number of nitrogens with one attached hydrogen (secondary N) is 2. The Morgan fingerprint density at radius 1 is 1.37 bits per heavy atom. The van der Waals surface area contributed by atoms with Gasteiger partial charge in [0, 0.05) is 42.0 Å². The van der Waals surface area contributed by atoms with E-state index < -0.39 is 0 Å². The summed E-state index contributed by atoms with van der Waals surface area (Å²) in [4.78, 5) is 27.0. The lowest BCUT2D eigenvalue weighted by Gasteiger charge is -2.20. The van der Waals surface area contributed by atoms with Crippen molar-refractivity contribution in [3.8, 4) is 0 Å². The summed E-state index contributed by atoms with van der Waals surface area (Å²) in [5, 5.41) is 3.62. The summed E-state index contributed by atoms with van der Waals surface area (Å²) in [5.74, 6) is 0.248. The number of fused-ring (bicyclic) bond motifs is 3. The Labute approximate surface area is 111 Å². The summed E-state index contributed by atoms with van der Waals surface area (Å²) < 4.78 is 0. The van der Waals surface area contributed by atoms with Crippen LogP contribution >= 0.6 is 0 Å². The Morgan fingerprint density at radius 3 is 2.95 bits per heavy atom. The summed E-state index contributed by atoms with van der Waals surface area (Å²) in [7, 11) is 1.63. The van der Waals surface area contributed by atoms with Gasteiger partial charge in [0.25, 0.3) is 0 Å². The number of para-hydroxylation sites is 1. The summed E-state index contributed by atoms with van der Waals surface area (Å²) in [6.45, 7) is 0. The van der Waals surface area contributed by atoms with Gasteiger partial charge in [-0.1, -0.05) is 18.2 Å². The van der Waals surface area contributed by atoms with Gasteiger partial charge in [0.05, 0.1) is 0 Å². The van der Waals surface area contributed by atoms with Gasteiger partial charge >= 0.3 is 0 Å². The minimum Gasteiger partial charge on any atom is -0.359 e. The third-order valence-electron chi connectivity index (χ3n) is 3.78. The minimum absolute atomic E-state index is 0.00244. The van der Waals surface area contributed by atoms with Gasteiger partial charge in [-0.2, -0.15) is 0 Å². The van der Waals surface area contributed by atoms with Crippen LogP contribution in [0.4, 0.5) is 0 Å². The number of amides is 1. The Morgan fingerprint density at radius 2 is 2.16 bits per heavy atom. The van der Waals surface area contributed by atoms with Crippen LogP contribution in [0.1, 0.15) is 28.9 Å². The second-order valence-electron chi connectivity index (χ2n) is 5.10. The van der Waals surface area contributed by atoms with Crippen molar-refractivity contribution in [2.75, 3.05) is 7.05 Å². The second kappa shape index (κ2) is 4.53. The zero-order valence-corrected chi connectivity index (χ0v) is 10.8. The molecule has 1 unspecified atom stereocenters. The van der Waals surface area contributed by atoms with Crippen LogP contribution in [0, 0.1) is 5.92 Å². The molecule has 1 atom stereocenters. The van der Waals surface area contributed by atoms with Crippen LogP contribution < -0.4 is 5.32 Å². The smallest absolute Gasteiger partial charge is 0.220 e. The first kappa shape index (κ1) is 12.0. The second-order valence-corrected chi connectivity index (χ2v) is 5.10. The highest BCUT2D eigenvalue weighted by Gasteiger charge is 2.29. The fraction of sp³-hybridized carbons (Fsp3) is 0.333. The van der Waals surface area contributed by atoms with Crippen LogP contribution in [0.5, 0.6) is 0 Å². The van der Waals surface area contributed by atoms with E-state index in [4.69, 9.17) is 0 Å². The summed E-state index contributed by atoms with van der Waals surface area (Å²) in [6, 6.07) is 7.85. The number of H-pyrrole nitrogens is 1. The number of hydrogen-bond donors (Lipinski definition) is 2. The number of aromatic nitrogens is 1. The minimum atomic E-state index is -0.00244. The highest BCUT2D eigenvalue weighted by molar-refractivity contribution is 6.10. The number of Topliss-reactive ketones (excluding diaryl/α,β-unsaturated/α-hetero) is 1. The quantitative estimate of drug-likeness (QED) is 0.863. The molecule has 2 aromatic rings. The highest BCUT2D eigenvalue weighted by Crippen LogP contribution is 2.32. The van der Waals surface area contributed by atoms with Gasteiger partial charge < -0.3 is 10.3 Å². The van der Waals surface area contributed by atoms with Gasteiger partial charge in [-0.15, -0.1) is 0 Å². The van der Waals surface area contributed by atoms with Crippen molar-refractivity contribution < 1.29 is 9.59 Å². The maximum atomic E-state index is 12.3. The Balaban J connectivity index is 1.96. The number of carbonyl (C=O) groups excluding carboxylic acids is 2. The van der Waals surface area contributed by atoms with Gasteiger partial charge in [-0.3, -0.25) is 9.59 Å². The van der Waals surface area contributed by atoms with Gasteiger partial charge in [0.2, 0.25) is 5.91 Å². The maximum Gasteiger partial charge on any atom is 0.220 e. The van der Waals surface area contributed by atoms with Gasteiger partial charge in [-0.05, 0) is 18.4 Å². The van der Waals surface area contributed by atoms with E-state index in [0.29, 0.717) is 12.8 Å². The van der Waals surface area contributed by atoms with Crippen LogP contribution in [-0.4, -0.2) is 23.7 Å². The number of aromatic amines is 1. The first-order chi connectivity index (χ1) is 9.19. The molecule has 4 nitrogen and oxygen atoms in total. The largest absolute Gasteiger partial charge is 0.359 e. The van der Waals surface area contributed by atoms with Gasteiger partial charge in [0.15, 0.2) is 5.78 Å². The summed E-state index contributed by atoms with van der Waals surface area (Å²) in [5.41, 5.74) is 2.80. The number of carbonyl (C=O) groups is 2. The SMILES string of the molecule is CNC(=O)CC1CC(=O)c2c([nH]c3ccccc23)C1. The van der Waals surface area contributed by atoms with Crippen molar-refractivity contribution in [2.45, 2.75) is 19.3 Å². The molecule has 1 aromatic carbocycles. The van der Waals surface area contributed by atoms with Gasteiger partial charge in [0.1, 0.15) is 0 Å². The van der Waals surface area contributed by atoms with Crippen LogP contribution in [0.2, 0.25) is 0 Å². The van der Waals surface area contributed by atoms with Crippen molar-refractivity contribution in [2.24, 2.45) is 5.92 Å². The monoisotopic (exact) mass is 256 g/mol. The molecule has 98 valence electrons. The molecule has 0 spiro atoms. The fourth-order valence-electron chi connectivity index (χ4n) is 2.90. The van der Waals surface area contributed by atoms with Crippen molar-refractivity contribution >= 4 is 22.6 Å². The molecular weight excluding hydrogens is 240 g/mol. The number of rotatable bonds is 2. The highest BCUT2D eigenvalue weighted by atomic mass is 16.1. The normalized spacial score (nSPS) is 18.4.